The third-order valence-corrected chi connectivity index (χ3v) is 4.01. The number of benzene rings is 1. The maximum atomic E-state index is 6.11. The molecule has 0 aliphatic heterocycles. The van der Waals surface area contributed by atoms with Crippen LogP contribution in [0.5, 0.6) is 0 Å². The van der Waals surface area contributed by atoms with Crippen molar-refractivity contribution in [3.63, 3.8) is 0 Å². The van der Waals surface area contributed by atoms with Crippen LogP contribution < -0.4 is 5.73 Å². The van der Waals surface area contributed by atoms with E-state index in [4.69, 9.17) is 5.73 Å². The van der Waals surface area contributed by atoms with Crippen LogP contribution in [0.15, 0.2) is 55.0 Å². The number of fused-ring (bicyclic) bond motifs is 1. The zero-order valence-electron chi connectivity index (χ0n) is 12.4. The van der Waals surface area contributed by atoms with Gasteiger partial charge in [0.1, 0.15) is 0 Å². The second-order valence-corrected chi connectivity index (χ2v) is 5.52. The summed E-state index contributed by atoms with van der Waals surface area (Å²) in [7, 11) is 0. The van der Waals surface area contributed by atoms with Crippen LogP contribution >= 0.6 is 0 Å². The average molecular weight is 279 g/mol. The van der Waals surface area contributed by atoms with Gasteiger partial charge in [-0.3, -0.25) is 4.98 Å². The van der Waals surface area contributed by atoms with Crippen molar-refractivity contribution in [2.24, 2.45) is 5.73 Å². The molecule has 0 spiro atoms. The molecule has 2 aromatic heterocycles. The molecular weight excluding hydrogens is 258 g/mol. The normalized spacial score (nSPS) is 12.7. The van der Waals surface area contributed by atoms with Crippen LogP contribution in [0, 0.1) is 0 Å². The molecule has 108 valence electrons. The molecule has 21 heavy (non-hydrogen) atoms. The monoisotopic (exact) mass is 279 g/mol. The van der Waals surface area contributed by atoms with Crippen molar-refractivity contribution in [3.8, 4) is 0 Å². The molecule has 0 aliphatic carbocycles. The summed E-state index contributed by atoms with van der Waals surface area (Å²) >= 11 is 0. The lowest BCUT2D eigenvalue weighted by Gasteiger charge is -2.11. The molecule has 2 N–H and O–H groups in total. The summed E-state index contributed by atoms with van der Waals surface area (Å²) in [5.74, 6) is 0. The Morgan fingerprint density at radius 1 is 1.14 bits per heavy atom. The lowest BCUT2D eigenvalue weighted by atomic mass is 10.0. The van der Waals surface area contributed by atoms with E-state index >= 15 is 0 Å². The molecule has 1 atom stereocenters. The van der Waals surface area contributed by atoms with Gasteiger partial charge in [0.15, 0.2) is 0 Å². The predicted molar refractivity (Wildman–Crippen MR) is 87.2 cm³/mol. The van der Waals surface area contributed by atoms with Crippen LogP contribution in [0.3, 0.4) is 0 Å². The zero-order chi connectivity index (χ0) is 14.7. The molecule has 1 aromatic carbocycles. The van der Waals surface area contributed by atoms with Gasteiger partial charge in [-0.25, -0.2) is 0 Å². The molecule has 2 heterocycles. The molecule has 3 rings (SSSR count). The third kappa shape index (κ3) is 2.98. The number of rotatable bonds is 5. The van der Waals surface area contributed by atoms with Crippen molar-refractivity contribution in [1.29, 1.82) is 0 Å². The highest BCUT2D eigenvalue weighted by Gasteiger charge is 2.08. The molecule has 1 unspecified atom stereocenters. The summed E-state index contributed by atoms with van der Waals surface area (Å²) in [6, 6.07) is 13.0. The van der Waals surface area contributed by atoms with Crippen molar-refractivity contribution < 1.29 is 0 Å². The van der Waals surface area contributed by atoms with Gasteiger partial charge in [0.05, 0.1) is 0 Å². The maximum absolute atomic E-state index is 6.11. The SMILES string of the molecule is CCC(N)Cc1cccc2c1ccn2Cc1ccncc1. The van der Waals surface area contributed by atoms with Gasteiger partial charge < -0.3 is 10.3 Å². The minimum Gasteiger partial charge on any atom is -0.343 e. The Morgan fingerprint density at radius 2 is 1.95 bits per heavy atom. The predicted octanol–water partition coefficient (Wildman–Crippen LogP) is 3.36. The van der Waals surface area contributed by atoms with Crippen LogP contribution in [0.2, 0.25) is 0 Å². The zero-order valence-corrected chi connectivity index (χ0v) is 12.4. The van der Waals surface area contributed by atoms with Gasteiger partial charge in [-0.15, -0.1) is 0 Å². The molecular formula is C18H21N3. The smallest absolute Gasteiger partial charge is 0.0486 e. The van der Waals surface area contributed by atoms with Gasteiger partial charge in [-0.1, -0.05) is 19.1 Å². The van der Waals surface area contributed by atoms with E-state index in [1.807, 2.05) is 12.4 Å². The number of pyridine rings is 1. The summed E-state index contributed by atoms with van der Waals surface area (Å²) in [5, 5.41) is 1.32. The molecule has 3 nitrogen and oxygen atoms in total. The maximum Gasteiger partial charge on any atom is 0.0486 e. The standard InChI is InChI=1S/C18H21N3/c1-2-16(19)12-15-4-3-5-18-17(15)8-11-21(18)13-14-6-9-20-10-7-14/h3-11,16H,2,12-13,19H2,1H3. The molecule has 3 heteroatoms. The summed E-state index contributed by atoms with van der Waals surface area (Å²) in [5.41, 5.74) is 9.99. The minimum atomic E-state index is 0.235. The molecule has 0 saturated carbocycles. The number of hydrogen-bond acceptors (Lipinski definition) is 2. The summed E-state index contributed by atoms with van der Waals surface area (Å²) in [6.45, 7) is 3.01. The van der Waals surface area contributed by atoms with Crippen molar-refractivity contribution in [2.45, 2.75) is 32.4 Å². The van der Waals surface area contributed by atoms with E-state index in [2.05, 4.69) is 59.1 Å². The summed E-state index contributed by atoms with van der Waals surface area (Å²) in [6.07, 6.45) is 7.78. The van der Waals surface area contributed by atoms with Crippen LogP contribution in [0.1, 0.15) is 24.5 Å². The number of hydrogen-bond donors (Lipinski definition) is 1. The molecule has 0 fully saturated rings. The van der Waals surface area contributed by atoms with Gasteiger partial charge in [-0.2, -0.15) is 0 Å². The van der Waals surface area contributed by atoms with Crippen LogP contribution in [0.4, 0.5) is 0 Å². The van der Waals surface area contributed by atoms with Gasteiger partial charge in [0.25, 0.3) is 0 Å². The average Bonchev–Trinajstić information content (AvgIpc) is 2.92. The van der Waals surface area contributed by atoms with Crippen LogP contribution in [-0.2, 0) is 13.0 Å². The number of aromatic nitrogens is 2. The second-order valence-electron chi connectivity index (χ2n) is 5.52. The first-order valence-electron chi connectivity index (χ1n) is 7.49. The first kappa shape index (κ1) is 13.8. The summed E-state index contributed by atoms with van der Waals surface area (Å²) in [4.78, 5) is 4.07. The van der Waals surface area contributed by atoms with Crippen molar-refractivity contribution >= 4 is 10.9 Å². The first-order valence-corrected chi connectivity index (χ1v) is 7.49. The highest BCUT2D eigenvalue weighted by molar-refractivity contribution is 5.83. The highest BCUT2D eigenvalue weighted by atomic mass is 14.9. The van der Waals surface area contributed by atoms with Gasteiger partial charge in [0.2, 0.25) is 0 Å². The Bertz CT molecular complexity index is 716. The van der Waals surface area contributed by atoms with Crippen molar-refractivity contribution in [3.05, 3.63) is 66.1 Å². The van der Waals surface area contributed by atoms with Crippen molar-refractivity contribution in [2.75, 3.05) is 0 Å². The minimum absolute atomic E-state index is 0.235. The van der Waals surface area contributed by atoms with Crippen LogP contribution in [0.25, 0.3) is 10.9 Å². The number of nitrogens with zero attached hydrogens (tertiary/aromatic N) is 2. The molecule has 0 aliphatic rings. The molecule has 0 amide bonds. The molecule has 0 saturated heterocycles. The topological polar surface area (TPSA) is 43.8 Å². The quantitative estimate of drug-likeness (QED) is 0.778. The van der Waals surface area contributed by atoms with E-state index in [1.165, 1.54) is 22.0 Å². The Balaban J connectivity index is 1.93. The fraction of sp³-hybridized carbons (Fsp3) is 0.278. The second kappa shape index (κ2) is 6.10. The molecule has 0 bridgehead atoms. The lowest BCUT2D eigenvalue weighted by molar-refractivity contribution is 0.649. The fourth-order valence-electron chi connectivity index (χ4n) is 2.71. The van der Waals surface area contributed by atoms with Crippen LogP contribution in [-0.4, -0.2) is 15.6 Å². The largest absolute Gasteiger partial charge is 0.343 e. The van der Waals surface area contributed by atoms with E-state index in [9.17, 15) is 0 Å². The van der Waals surface area contributed by atoms with E-state index < -0.39 is 0 Å². The summed E-state index contributed by atoms with van der Waals surface area (Å²) < 4.78 is 2.28. The fourth-order valence-corrected chi connectivity index (χ4v) is 2.71. The Labute approximate surface area is 125 Å². The van der Waals surface area contributed by atoms with E-state index in [1.54, 1.807) is 0 Å². The first-order chi connectivity index (χ1) is 10.3. The van der Waals surface area contributed by atoms with Gasteiger partial charge in [-0.05, 0) is 48.2 Å². The van der Waals surface area contributed by atoms with E-state index in [-0.39, 0.29) is 6.04 Å². The van der Waals surface area contributed by atoms with Gasteiger partial charge >= 0.3 is 0 Å². The van der Waals surface area contributed by atoms with Gasteiger partial charge in [0, 0.05) is 42.1 Å². The molecule has 0 radical (unpaired) electrons. The molecule has 3 aromatic rings. The Hall–Kier alpha value is -2.13. The number of nitrogens with two attached hydrogens (primary N) is 1. The Kier molecular flexibility index (Phi) is 4.02. The van der Waals surface area contributed by atoms with E-state index in [0.29, 0.717) is 0 Å². The highest BCUT2D eigenvalue weighted by Crippen LogP contribution is 2.22. The Morgan fingerprint density at radius 3 is 2.71 bits per heavy atom. The van der Waals surface area contributed by atoms with E-state index in [0.717, 1.165) is 19.4 Å². The lowest BCUT2D eigenvalue weighted by Crippen LogP contribution is -2.21. The third-order valence-electron chi connectivity index (χ3n) is 4.01. The van der Waals surface area contributed by atoms with Crippen molar-refractivity contribution in [1.82, 2.24) is 9.55 Å².